The highest BCUT2D eigenvalue weighted by Gasteiger charge is 2.23. The molecule has 2 N–H and O–H groups in total. The van der Waals surface area contributed by atoms with E-state index in [-0.39, 0.29) is 35.5 Å². The Kier molecular flexibility index (Phi) is 9.74. The standard InChI is InChI=1S/C30H33FN6O4S/c1-39-30(38)21-4-5-25-26(15-21)37(19-42-29-9-13-40-29)28(35-25)17-36-11-7-23(8-12-36)34-10-6-27(33)41-18-22-3-2-20(16-32)14-24(22)31/h2-6,10,14-15,23,29H,7-9,11-13,17-19,33H2,1H3/b27-6+,34-10?. The first-order chi connectivity index (χ1) is 20.4. The molecule has 220 valence electrons. The van der Waals surface area contributed by atoms with Crippen molar-refractivity contribution < 1.29 is 23.4 Å². The van der Waals surface area contributed by atoms with Crippen LogP contribution in [-0.2, 0) is 33.2 Å². The van der Waals surface area contributed by atoms with Crippen molar-refractivity contribution in [1.82, 2.24) is 14.5 Å². The van der Waals surface area contributed by atoms with Crippen molar-refractivity contribution in [2.75, 3.05) is 26.8 Å². The molecule has 3 aromatic rings. The third-order valence-electron chi connectivity index (χ3n) is 7.33. The van der Waals surface area contributed by atoms with E-state index in [0.717, 1.165) is 55.8 Å². The van der Waals surface area contributed by atoms with Crippen molar-refractivity contribution in [2.24, 2.45) is 10.7 Å². The van der Waals surface area contributed by atoms with Gasteiger partial charge in [0.2, 0.25) is 0 Å². The van der Waals surface area contributed by atoms with Crippen molar-refractivity contribution in [2.45, 2.75) is 49.8 Å². The lowest BCUT2D eigenvalue weighted by atomic mass is 10.1. The number of aliphatic imine (C=N–C) groups is 1. The number of aromatic nitrogens is 2. The van der Waals surface area contributed by atoms with Gasteiger partial charge in [0.05, 0.1) is 60.4 Å². The molecular formula is C30H33FN6O4S. The lowest BCUT2D eigenvalue weighted by Crippen LogP contribution is -2.35. The number of benzene rings is 2. The van der Waals surface area contributed by atoms with Gasteiger partial charge < -0.3 is 24.5 Å². The van der Waals surface area contributed by atoms with Crippen molar-refractivity contribution in [3.63, 3.8) is 0 Å². The summed E-state index contributed by atoms with van der Waals surface area (Å²) in [5, 5.41) is 8.86. The highest BCUT2D eigenvalue weighted by Crippen LogP contribution is 2.29. The van der Waals surface area contributed by atoms with Gasteiger partial charge in [0.1, 0.15) is 23.7 Å². The Bertz CT molecular complexity index is 1520. The van der Waals surface area contributed by atoms with Gasteiger partial charge in [0.25, 0.3) is 0 Å². The van der Waals surface area contributed by atoms with E-state index in [2.05, 4.69) is 14.5 Å². The molecule has 0 radical (unpaired) electrons. The van der Waals surface area contributed by atoms with Gasteiger partial charge in [-0.25, -0.2) is 14.2 Å². The molecule has 0 saturated carbocycles. The van der Waals surface area contributed by atoms with Gasteiger partial charge in [-0.15, -0.1) is 11.8 Å². The van der Waals surface area contributed by atoms with Crippen LogP contribution in [0.1, 0.15) is 46.6 Å². The second-order valence-electron chi connectivity index (χ2n) is 10.1. The zero-order chi connectivity index (χ0) is 29.5. The fourth-order valence-corrected chi connectivity index (χ4v) is 5.85. The number of esters is 1. The Hall–Kier alpha value is -3.92. The molecule has 1 unspecified atom stereocenters. The molecule has 1 aromatic heterocycles. The van der Waals surface area contributed by atoms with Crippen LogP contribution in [0.25, 0.3) is 11.0 Å². The number of imidazole rings is 1. The molecule has 5 rings (SSSR count). The number of hydrogen-bond acceptors (Lipinski definition) is 10. The lowest BCUT2D eigenvalue weighted by Gasteiger charge is -2.30. The van der Waals surface area contributed by atoms with Crippen molar-refractivity contribution >= 4 is 35.0 Å². The molecular weight excluding hydrogens is 559 g/mol. The number of methoxy groups -OCH3 is 1. The largest absolute Gasteiger partial charge is 0.474 e. The molecule has 2 saturated heterocycles. The van der Waals surface area contributed by atoms with Crippen LogP contribution in [0, 0.1) is 17.1 Å². The summed E-state index contributed by atoms with van der Waals surface area (Å²) in [5.74, 6) is 0.907. The summed E-state index contributed by atoms with van der Waals surface area (Å²) in [6, 6.07) is 11.8. The van der Waals surface area contributed by atoms with Gasteiger partial charge in [-0.2, -0.15) is 5.26 Å². The maximum absolute atomic E-state index is 14.0. The molecule has 2 fully saturated rings. The number of allylic oxidation sites excluding steroid dienone is 1. The van der Waals surface area contributed by atoms with Crippen LogP contribution in [0.4, 0.5) is 4.39 Å². The summed E-state index contributed by atoms with van der Waals surface area (Å²) in [4.78, 5) is 24.1. The summed E-state index contributed by atoms with van der Waals surface area (Å²) in [7, 11) is 1.38. The number of carbonyl (C=O) groups is 1. The Balaban J connectivity index is 1.16. The smallest absolute Gasteiger partial charge is 0.337 e. The number of likely N-dealkylation sites (tertiary alicyclic amines) is 1. The molecule has 2 aromatic carbocycles. The van der Waals surface area contributed by atoms with E-state index < -0.39 is 5.82 Å². The average Bonchev–Trinajstić information content (AvgIpc) is 3.32. The predicted molar refractivity (Wildman–Crippen MR) is 158 cm³/mol. The molecule has 42 heavy (non-hydrogen) atoms. The van der Waals surface area contributed by atoms with Gasteiger partial charge in [-0.3, -0.25) is 9.89 Å². The highest BCUT2D eigenvalue weighted by molar-refractivity contribution is 7.98. The highest BCUT2D eigenvalue weighted by atomic mass is 32.2. The maximum Gasteiger partial charge on any atom is 0.337 e. The second-order valence-corrected chi connectivity index (χ2v) is 11.2. The monoisotopic (exact) mass is 592 g/mol. The lowest BCUT2D eigenvalue weighted by molar-refractivity contribution is 0.00955. The van der Waals surface area contributed by atoms with Crippen LogP contribution in [-0.4, -0.2) is 64.9 Å². The third-order valence-corrected chi connectivity index (χ3v) is 8.48. The molecule has 0 aliphatic carbocycles. The fourth-order valence-electron chi connectivity index (χ4n) is 4.79. The first-order valence-electron chi connectivity index (χ1n) is 13.8. The fraction of sp³-hybridized carbons (Fsp3) is 0.400. The van der Waals surface area contributed by atoms with Gasteiger partial charge in [0.15, 0.2) is 5.88 Å². The number of rotatable bonds is 11. The van der Waals surface area contributed by atoms with E-state index >= 15 is 0 Å². The number of carbonyl (C=O) groups excluding carboxylic acids is 1. The Morgan fingerprint density at radius 3 is 2.79 bits per heavy atom. The Morgan fingerprint density at radius 2 is 2.10 bits per heavy atom. The van der Waals surface area contributed by atoms with Crippen LogP contribution in [0.3, 0.4) is 0 Å². The summed E-state index contributed by atoms with van der Waals surface area (Å²) >= 11 is 1.74. The van der Waals surface area contributed by atoms with E-state index in [9.17, 15) is 9.18 Å². The number of piperidine rings is 1. The first kappa shape index (κ1) is 29.6. The summed E-state index contributed by atoms with van der Waals surface area (Å²) < 4.78 is 32.2. The van der Waals surface area contributed by atoms with Crippen LogP contribution < -0.4 is 5.73 Å². The zero-order valence-corrected chi connectivity index (χ0v) is 24.2. The molecule has 2 aliphatic rings. The van der Waals surface area contributed by atoms with Gasteiger partial charge in [-0.05, 0) is 43.2 Å². The summed E-state index contributed by atoms with van der Waals surface area (Å²) in [5.41, 5.74) is 8.94. The number of ether oxygens (including phenoxy) is 3. The first-order valence-corrected chi connectivity index (χ1v) is 14.8. The number of halogens is 1. The predicted octanol–water partition coefficient (Wildman–Crippen LogP) is 4.32. The number of nitriles is 1. The van der Waals surface area contributed by atoms with Crippen LogP contribution in [0.5, 0.6) is 0 Å². The van der Waals surface area contributed by atoms with Crippen LogP contribution in [0.2, 0.25) is 0 Å². The molecule has 0 bridgehead atoms. The average molecular weight is 593 g/mol. The number of nitrogens with two attached hydrogens (primary N) is 1. The Labute approximate surface area is 247 Å². The third kappa shape index (κ3) is 7.28. The molecule has 10 nitrogen and oxygen atoms in total. The number of nitrogens with zero attached hydrogens (tertiary/aromatic N) is 5. The molecule has 12 heteroatoms. The molecule has 2 aliphatic heterocycles. The van der Waals surface area contributed by atoms with Gasteiger partial charge in [-0.1, -0.05) is 6.07 Å². The molecule has 0 amide bonds. The number of hydrogen-bond donors (Lipinski definition) is 1. The molecule has 0 spiro atoms. The SMILES string of the molecule is COC(=O)c1ccc2nc(CN3CCC(N=C/C=C(\N)OCc4ccc(C#N)cc4F)CC3)n(CSC3CCO3)c2c1. The van der Waals surface area contributed by atoms with Gasteiger partial charge >= 0.3 is 5.97 Å². The second kappa shape index (κ2) is 13.8. The zero-order valence-electron chi connectivity index (χ0n) is 23.4. The van der Waals surface area contributed by atoms with Crippen molar-refractivity contribution in [1.29, 1.82) is 5.26 Å². The van der Waals surface area contributed by atoms with Crippen molar-refractivity contribution in [3.8, 4) is 6.07 Å². The van der Waals surface area contributed by atoms with Crippen LogP contribution >= 0.6 is 11.8 Å². The van der Waals surface area contributed by atoms with E-state index in [0.29, 0.717) is 23.5 Å². The minimum atomic E-state index is -0.505. The summed E-state index contributed by atoms with van der Waals surface area (Å²) in [6.45, 7) is 3.19. The van der Waals surface area contributed by atoms with E-state index in [1.54, 1.807) is 30.1 Å². The number of thioether (sulfide) groups is 1. The maximum atomic E-state index is 14.0. The summed E-state index contributed by atoms with van der Waals surface area (Å²) in [6.07, 6.45) is 6.03. The van der Waals surface area contributed by atoms with Crippen LogP contribution in [0.15, 0.2) is 53.3 Å². The van der Waals surface area contributed by atoms with Gasteiger partial charge in [0, 0.05) is 37.4 Å². The quantitative estimate of drug-likeness (QED) is 0.197. The van der Waals surface area contributed by atoms with Crippen molar-refractivity contribution in [3.05, 3.63) is 76.7 Å². The van der Waals surface area contributed by atoms with E-state index in [4.69, 9.17) is 30.2 Å². The number of fused-ring (bicyclic) bond motifs is 1. The minimum absolute atomic E-state index is 0.0347. The van der Waals surface area contributed by atoms with E-state index in [1.165, 1.54) is 25.3 Å². The molecule has 3 heterocycles. The molecule has 1 atom stereocenters. The topological polar surface area (TPSA) is 128 Å². The normalized spacial score (nSPS) is 18.2. The minimum Gasteiger partial charge on any atom is -0.474 e. The van der Waals surface area contributed by atoms with E-state index in [1.807, 2.05) is 18.2 Å². The Morgan fingerprint density at radius 1 is 1.29 bits per heavy atom.